The van der Waals surface area contributed by atoms with Crippen molar-refractivity contribution in [1.82, 2.24) is 9.78 Å². The molecule has 0 aliphatic heterocycles. The lowest BCUT2D eigenvalue weighted by atomic mass is 10.2. The number of nitrogens with zero attached hydrogens (tertiary/aromatic N) is 4. The Kier molecular flexibility index (Phi) is 9.13. The number of benzene rings is 3. The van der Waals surface area contributed by atoms with Crippen molar-refractivity contribution in [1.29, 1.82) is 0 Å². The number of azo groups is 1. The molecule has 1 aromatic heterocycles. The molecule has 0 fully saturated rings. The third-order valence-corrected chi connectivity index (χ3v) is 8.63. The van der Waals surface area contributed by atoms with Crippen LogP contribution >= 0.6 is 0 Å². The van der Waals surface area contributed by atoms with Gasteiger partial charge in [-0.3, -0.25) is 9.11 Å². The van der Waals surface area contributed by atoms with Gasteiger partial charge in [0, 0.05) is 11.4 Å². The number of aromatic carboxylic acids is 1. The standard InChI is InChI=1S/C24H21N5O12S3/c30-23-21(22(24(31)32)28-29(23)18-8-10-19(11-9-18)43(35,36)37)27-26-16-6-4-15(5-7-16)25-17-2-1-3-20(14-17)42(33,34)13-12-41-44(38,39)40/h1-11,14,25,30H,12-13H2,(H,31,32)(H,35,36,37)(H,38,39,40)/b27-26+. The number of carboxylic acids is 1. The van der Waals surface area contributed by atoms with Crippen LogP contribution in [0, 0.1) is 0 Å². The van der Waals surface area contributed by atoms with Gasteiger partial charge in [-0.25, -0.2) is 17.4 Å². The van der Waals surface area contributed by atoms with Gasteiger partial charge in [0.05, 0.1) is 33.5 Å². The van der Waals surface area contributed by atoms with Gasteiger partial charge in [-0.1, -0.05) is 6.07 Å². The number of anilines is 2. The van der Waals surface area contributed by atoms with Crippen molar-refractivity contribution in [2.75, 3.05) is 17.7 Å². The minimum atomic E-state index is -4.78. The van der Waals surface area contributed by atoms with Gasteiger partial charge in [0.1, 0.15) is 0 Å². The second kappa shape index (κ2) is 12.5. The number of rotatable bonds is 12. The molecule has 0 amide bonds. The first-order valence-electron chi connectivity index (χ1n) is 11.9. The lowest BCUT2D eigenvalue weighted by molar-refractivity contribution is 0.0690. The molecule has 0 aliphatic carbocycles. The van der Waals surface area contributed by atoms with Crippen LogP contribution in [0.1, 0.15) is 10.5 Å². The summed E-state index contributed by atoms with van der Waals surface area (Å²) in [5.41, 5.74) is 0.0123. The van der Waals surface area contributed by atoms with E-state index in [1.807, 2.05) is 0 Å². The van der Waals surface area contributed by atoms with Crippen molar-refractivity contribution in [2.24, 2.45) is 10.2 Å². The highest BCUT2D eigenvalue weighted by Gasteiger charge is 2.24. The summed E-state index contributed by atoms with van der Waals surface area (Å²) in [5, 5.41) is 34.7. The molecule has 0 saturated heterocycles. The van der Waals surface area contributed by atoms with Crippen LogP contribution in [0.15, 0.2) is 92.8 Å². The molecule has 3 aromatic carbocycles. The molecule has 0 bridgehead atoms. The first kappa shape index (κ1) is 32.2. The highest BCUT2D eigenvalue weighted by molar-refractivity contribution is 7.91. The van der Waals surface area contributed by atoms with Gasteiger partial charge in [-0.15, -0.1) is 5.11 Å². The van der Waals surface area contributed by atoms with Crippen LogP contribution in [0.25, 0.3) is 5.69 Å². The van der Waals surface area contributed by atoms with Crippen molar-refractivity contribution in [2.45, 2.75) is 9.79 Å². The van der Waals surface area contributed by atoms with Crippen molar-refractivity contribution in [3.05, 3.63) is 78.5 Å². The zero-order valence-corrected chi connectivity index (χ0v) is 24.4. The fraction of sp³-hybridized carbons (Fsp3) is 0.0833. The van der Waals surface area contributed by atoms with E-state index in [2.05, 4.69) is 24.8 Å². The van der Waals surface area contributed by atoms with Crippen LogP contribution < -0.4 is 5.32 Å². The zero-order chi connectivity index (χ0) is 32.3. The summed E-state index contributed by atoms with van der Waals surface area (Å²) < 4.78 is 91.4. The Morgan fingerprint density at radius 3 is 2.11 bits per heavy atom. The SMILES string of the molecule is O=C(O)c1nn(-c2ccc(S(=O)(=O)O)cc2)c(O)c1/N=N/c1ccc(Nc2cccc(S(=O)(=O)CCOS(=O)(=O)O)c2)cc1. The molecule has 0 spiro atoms. The molecule has 44 heavy (non-hydrogen) atoms. The summed E-state index contributed by atoms with van der Waals surface area (Å²) in [6.07, 6.45) is 0. The van der Waals surface area contributed by atoms with E-state index in [9.17, 15) is 40.3 Å². The average Bonchev–Trinajstić information content (AvgIpc) is 3.28. The number of aromatic hydroxyl groups is 1. The molecule has 17 nitrogen and oxygen atoms in total. The zero-order valence-electron chi connectivity index (χ0n) is 21.9. The van der Waals surface area contributed by atoms with Crippen LogP contribution in [0.3, 0.4) is 0 Å². The van der Waals surface area contributed by atoms with E-state index >= 15 is 0 Å². The van der Waals surface area contributed by atoms with Gasteiger partial charge in [-0.2, -0.15) is 31.7 Å². The maximum atomic E-state index is 12.5. The minimum absolute atomic E-state index is 0.0672. The molecule has 0 aliphatic rings. The topological polar surface area (TPSA) is 264 Å². The fourth-order valence-electron chi connectivity index (χ4n) is 3.60. The largest absolute Gasteiger partial charge is 0.492 e. The van der Waals surface area contributed by atoms with E-state index in [1.54, 1.807) is 18.2 Å². The van der Waals surface area contributed by atoms with Gasteiger partial charge in [0.25, 0.3) is 10.1 Å². The van der Waals surface area contributed by atoms with Crippen LogP contribution in [-0.2, 0) is 34.5 Å². The Bertz CT molecular complexity index is 2060. The number of hydrogen-bond donors (Lipinski definition) is 5. The Morgan fingerprint density at radius 1 is 0.864 bits per heavy atom. The second-order valence-electron chi connectivity index (χ2n) is 8.68. The molecule has 5 N–H and O–H groups in total. The Labute approximate surface area is 249 Å². The number of carbonyl (C=O) groups is 1. The van der Waals surface area contributed by atoms with Gasteiger partial charge in [0.15, 0.2) is 15.5 Å². The van der Waals surface area contributed by atoms with Gasteiger partial charge < -0.3 is 15.5 Å². The maximum absolute atomic E-state index is 12.5. The highest BCUT2D eigenvalue weighted by Crippen LogP contribution is 2.35. The third-order valence-electron chi connectivity index (χ3n) is 5.62. The van der Waals surface area contributed by atoms with E-state index < -0.39 is 70.8 Å². The van der Waals surface area contributed by atoms with Crippen LogP contribution in [0.5, 0.6) is 5.88 Å². The number of aromatic nitrogens is 2. The normalized spacial score (nSPS) is 12.4. The van der Waals surface area contributed by atoms with Crippen LogP contribution in [0.2, 0.25) is 0 Å². The van der Waals surface area contributed by atoms with E-state index in [0.717, 1.165) is 16.8 Å². The van der Waals surface area contributed by atoms with Gasteiger partial charge in [-0.05, 0) is 66.7 Å². The summed E-state index contributed by atoms with van der Waals surface area (Å²) in [5.74, 6) is -2.94. The monoisotopic (exact) mass is 667 g/mol. The summed E-state index contributed by atoms with van der Waals surface area (Å²) in [4.78, 5) is 11.2. The van der Waals surface area contributed by atoms with Crippen molar-refractivity contribution >= 4 is 59.1 Å². The summed E-state index contributed by atoms with van der Waals surface area (Å²) >= 11 is 0. The molecule has 0 unspecified atom stereocenters. The first-order chi connectivity index (χ1) is 20.5. The molecule has 20 heteroatoms. The average molecular weight is 668 g/mol. The summed E-state index contributed by atoms with van der Waals surface area (Å²) in [6.45, 7) is -0.772. The predicted molar refractivity (Wildman–Crippen MR) is 152 cm³/mol. The highest BCUT2D eigenvalue weighted by atomic mass is 32.3. The van der Waals surface area contributed by atoms with Crippen molar-refractivity contribution in [3.63, 3.8) is 0 Å². The van der Waals surface area contributed by atoms with E-state index in [-0.39, 0.29) is 16.3 Å². The Balaban J connectivity index is 1.50. The first-order valence-corrected chi connectivity index (χ1v) is 16.4. The lowest BCUT2D eigenvalue weighted by Crippen LogP contribution is -2.15. The lowest BCUT2D eigenvalue weighted by Gasteiger charge is -2.09. The number of sulfone groups is 1. The van der Waals surface area contributed by atoms with E-state index in [0.29, 0.717) is 11.4 Å². The molecule has 0 radical (unpaired) electrons. The maximum Gasteiger partial charge on any atom is 0.397 e. The van der Waals surface area contributed by atoms with Crippen LogP contribution in [-0.4, -0.2) is 72.7 Å². The molecular formula is C24H21N5O12S3. The molecule has 4 rings (SSSR count). The summed E-state index contributed by atoms with van der Waals surface area (Å²) in [6, 6.07) is 16.1. The minimum Gasteiger partial charge on any atom is -0.492 e. The molecule has 0 saturated carbocycles. The fourth-order valence-corrected chi connectivity index (χ4v) is 5.61. The number of carboxylic acid groups (broad SMARTS) is 1. The predicted octanol–water partition coefficient (Wildman–Crippen LogP) is 3.27. The number of hydrogen-bond acceptors (Lipinski definition) is 13. The quantitative estimate of drug-likeness (QED) is 0.107. The van der Waals surface area contributed by atoms with Gasteiger partial charge >= 0.3 is 16.4 Å². The molecule has 232 valence electrons. The van der Waals surface area contributed by atoms with Crippen LogP contribution in [0.4, 0.5) is 22.7 Å². The number of nitrogens with one attached hydrogen (secondary N) is 1. The van der Waals surface area contributed by atoms with E-state index in [1.165, 1.54) is 42.5 Å². The van der Waals surface area contributed by atoms with Gasteiger partial charge in [0.2, 0.25) is 11.6 Å². The molecular weight excluding hydrogens is 646 g/mol. The van der Waals surface area contributed by atoms with Crippen molar-refractivity contribution < 1.29 is 53.5 Å². The smallest absolute Gasteiger partial charge is 0.397 e. The molecule has 1 heterocycles. The molecule has 0 atom stereocenters. The van der Waals surface area contributed by atoms with Crippen molar-refractivity contribution in [3.8, 4) is 11.6 Å². The summed E-state index contributed by atoms with van der Waals surface area (Å²) in [7, 11) is -13.2. The van der Waals surface area contributed by atoms with E-state index in [4.69, 9.17) is 9.11 Å². The third kappa shape index (κ3) is 8.00. The Morgan fingerprint density at radius 2 is 1.52 bits per heavy atom. The Hall–Kier alpha value is -4.73. The molecule has 4 aromatic rings. The second-order valence-corrected chi connectivity index (χ2v) is 13.3.